The first kappa shape index (κ1) is 37.8. The maximum atomic E-state index is 3.72. The topological polar surface area (TPSA) is 25.0 Å². The van der Waals surface area contributed by atoms with Gasteiger partial charge in [0.25, 0.3) is 0 Å². The highest BCUT2D eigenvalue weighted by Crippen LogP contribution is 2.40. The highest BCUT2D eigenvalue weighted by Gasteiger charge is 2.37. The van der Waals surface area contributed by atoms with Gasteiger partial charge in [0.1, 0.15) is 0 Å². The van der Waals surface area contributed by atoms with Crippen molar-refractivity contribution < 1.29 is 0 Å². The molecule has 3 heterocycles. The largest absolute Gasteiger partial charge is 0.314 e. The Balaban J connectivity index is 1.05. The van der Waals surface area contributed by atoms with E-state index in [1.165, 1.54) is 101 Å². The minimum Gasteiger partial charge on any atom is -0.314 e. The molecule has 7 rings (SSSR count). The predicted molar refractivity (Wildman–Crippen MR) is 219 cm³/mol. The van der Waals surface area contributed by atoms with Crippen molar-refractivity contribution in [1.82, 2.24) is 24.9 Å². The van der Waals surface area contributed by atoms with Crippen LogP contribution >= 0.6 is 0 Å². The van der Waals surface area contributed by atoms with Crippen LogP contribution in [0.5, 0.6) is 0 Å². The molecule has 0 spiro atoms. The van der Waals surface area contributed by atoms with E-state index in [1.807, 2.05) is 0 Å². The van der Waals surface area contributed by atoms with Crippen molar-refractivity contribution in [3.05, 3.63) is 108 Å². The summed E-state index contributed by atoms with van der Waals surface area (Å²) in [6.45, 7) is 19.2. The number of piperazine rings is 2. The van der Waals surface area contributed by atoms with Gasteiger partial charge in [-0.15, -0.1) is 0 Å². The SMILES string of the molecule is CC(C)(C)C1CCC(CN2CCN([C@@H](Cc3ccccc3)CN3CCCC3CN3CCNC[C@@H]3Cc3ccccc3)C[C@@H]2Cc2ccccc2)CC1. The fourth-order valence-corrected chi connectivity index (χ4v) is 10.3. The molecule has 0 radical (unpaired) electrons. The lowest BCUT2D eigenvalue weighted by Gasteiger charge is -2.48. The lowest BCUT2D eigenvalue weighted by Crippen LogP contribution is -2.60. The number of nitrogens with zero attached hydrogens (tertiary/aromatic N) is 4. The summed E-state index contributed by atoms with van der Waals surface area (Å²) in [5.41, 5.74) is 4.90. The number of hydrogen-bond donors (Lipinski definition) is 1. The minimum absolute atomic E-state index is 0.448. The average Bonchev–Trinajstić information content (AvgIpc) is 3.60. The Morgan fingerprint density at radius 1 is 0.615 bits per heavy atom. The van der Waals surface area contributed by atoms with Crippen LogP contribution in [0.2, 0.25) is 0 Å². The molecule has 3 saturated heterocycles. The summed E-state index contributed by atoms with van der Waals surface area (Å²) in [7, 11) is 0. The van der Waals surface area contributed by atoms with Crippen LogP contribution in [0, 0.1) is 17.3 Å². The Morgan fingerprint density at radius 2 is 1.23 bits per heavy atom. The zero-order chi connectivity index (χ0) is 35.8. The van der Waals surface area contributed by atoms with Crippen LogP contribution < -0.4 is 5.32 Å². The molecule has 5 heteroatoms. The van der Waals surface area contributed by atoms with Crippen LogP contribution in [0.25, 0.3) is 0 Å². The Hall–Kier alpha value is -2.54. The van der Waals surface area contributed by atoms with Crippen LogP contribution in [-0.4, -0.2) is 109 Å². The van der Waals surface area contributed by atoms with Gasteiger partial charge in [0.2, 0.25) is 0 Å². The molecule has 4 atom stereocenters. The summed E-state index contributed by atoms with van der Waals surface area (Å²) in [5, 5.41) is 3.72. The molecular weight excluding hydrogens is 635 g/mol. The van der Waals surface area contributed by atoms with Gasteiger partial charge in [-0.2, -0.15) is 0 Å². The summed E-state index contributed by atoms with van der Waals surface area (Å²) < 4.78 is 0. The summed E-state index contributed by atoms with van der Waals surface area (Å²) in [6.07, 6.45) is 11.8. The molecule has 3 aromatic carbocycles. The van der Waals surface area contributed by atoms with E-state index in [2.05, 4.69) is 137 Å². The molecule has 4 aliphatic rings. The van der Waals surface area contributed by atoms with Crippen LogP contribution in [0.1, 0.15) is 76.0 Å². The Kier molecular flexibility index (Phi) is 13.2. The molecule has 1 aliphatic carbocycles. The van der Waals surface area contributed by atoms with Gasteiger partial charge in [0.05, 0.1) is 0 Å². The number of rotatable bonds is 13. The molecule has 3 aliphatic heterocycles. The Bertz CT molecular complexity index is 1450. The van der Waals surface area contributed by atoms with Crippen LogP contribution in [0.3, 0.4) is 0 Å². The van der Waals surface area contributed by atoms with E-state index in [0.29, 0.717) is 29.6 Å². The van der Waals surface area contributed by atoms with E-state index in [4.69, 9.17) is 0 Å². The highest BCUT2D eigenvalue weighted by atomic mass is 15.3. The first-order valence-corrected chi connectivity index (χ1v) is 21.2. The summed E-state index contributed by atoms with van der Waals surface area (Å²) in [4.78, 5) is 11.6. The average molecular weight is 704 g/mol. The van der Waals surface area contributed by atoms with Crippen LogP contribution in [-0.2, 0) is 19.3 Å². The van der Waals surface area contributed by atoms with Crippen LogP contribution in [0.15, 0.2) is 91.0 Å². The third-order valence-electron chi connectivity index (χ3n) is 13.5. The van der Waals surface area contributed by atoms with Gasteiger partial charge in [0.15, 0.2) is 0 Å². The van der Waals surface area contributed by atoms with Gasteiger partial charge >= 0.3 is 0 Å². The van der Waals surface area contributed by atoms with Gasteiger partial charge in [-0.1, -0.05) is 112 Å². The van der Waals surface area contributed by atoms with E-state index in [0.717, 1.165) is 50.7 Å². The normalized spacial score (nSPS) is 27.9. The molecule has 52 heavy (non-hydrogen) atoms. The van der Waals surface area contributed by atoms with Crippen molar-refractivity contribution in [1.29, 1.82) is 0 Å². The van der Waals surface area contributed by atoms with E-state index < -0.39 is 0 Å². The predicted octanol–water partition coefficient (Wildman–Crippen LogP) is 7.66. The third kappa shape index (κ3) is 10.4. The van der Waals surface area contributed by atoms with E-state index in [9.17, 15) is 0 Å². The fraction of sp³-hybridized carbons (Fsp3) is 0.617. The summed E-state index contributed by atoms with van der Waals surface area (Å²) in [6, 6.07) is 36.3. The second-order valence-electron chi connectivity index (χ2n) is 18.1. The zero-order valence-corrected chi connectivity index (χ0v) is 32.8. The standard InChI is InChI=1S/C47H69N5/c1-47(2,3)42-23-21-41(22-24-42)34-51-28-29-52(37-45(51)31-39-16-9-5-10-17-39)46(32-40-18-11-6-12-19-40)36-49-26-13-20-43(49)35-50-27-25-48-33-44(50)30-38-14-7-4-8-15-38/h4-12,14-19,41-46,48H,13,20-37H2,1-3H3/t41?,42?,43?,44-,45-,46-/m0/s1. The quantitative estimate of drug-likeness (QED) is 0.197. The van der Waals surface area contributed by atoms with Crippen molar-refractivity contribution >= 4 is 0 Å². The maximum absolute atomic E-state index is 3.72. The van der Waals surface area contributed by atoms with Gasteiger partial charge in [-0.05, 0) is 98.3 Å². The lowest BCUT2D eigenvalue weighted by molar-refractivity contribution is 0.0160. The second-order valence-corrected chi connectivity index (χ2v) is 18.1. The summed E-state index contributed by atoms with van der Waals surface area (Å²) >= 11 is 0. The molecule has 4 fully saturated rings. The molecule has 0 amide bonds. The summed E-state index contributed by atoms with van der Waals surface area (Å²) in [5.74, 6) is 1.74. The van der Waals surface area contributed by atoms with Crippen molar-refractivity contribution in [3.8, 4) is 0 Å². The van der Waals surface area contributed by atoms with Gasteiger partial charge in [-0.3, -0.25) is 19.6 Å². The van der Waals surface area contributed by atoms with Crippen molar-refractivity contribution in [2.75, 3.05) is 65.4 Å². The minimum atomic E-state index is 0.448. The molecule has 3 aromatic rings. The molecule has 1 N–H and O–H groups in total. The Morgan fingerprint density at radius 3 is 1.88 bits per heavy atom. The molecule has 0 aromatic heterocycles. The fourth-order valence-electron chi connectivity index (χ4n) is 10.3. The Labute approximate surface area is 317 Å². The van der Waals surface area contributed by atoms with Crippen molar-refractivity contribution in [2.24, 2.45) is 17.3 Å². The first-order chi connectivity index (χ1) is 25.4. The third-order valence-corrected chi connectivity index (χ3v) is 13.5. The first-order valence-electron chi connectivity index (χ1n) is 21.2. The van der Waals surface area contributed by atoms with Crippen LogP contribution in [0.4, 0.5) is 0 Å². The number of hydrogen-bond acceptors (Lipinski definition) is 5. The van der Waals surface area contributed by atoms with Crippen molar-refractivity contribution in [3.63, 3.8) is 0 Å². The van der Waals surface area contributed by atoms with Gasteiger partial charge in [-0.25, -0.2) is 0 Å². The monoisotopic (exact) mass is 704 g/mol. The molecule has 282 valence electrons. The van der Waals surface area contributed by atoms with E-state index in [-0.39, 0.29) is 0 Å². The van der Waals surface area contributed by atoms with Gasteiger partial charge in [0, 0.05) is 83.1 Å². The lowest BCUT2D eigenvalue weighted by atomic mass is 9.69. The highest BCUT2D eigenvalue weighted by molar-refractivity contribution is 5.19. The molecular formula is C47H69N5. The second kappa shape index (κ2) is 18.2. The van der Waals surface area contributed by atoms with Crippen molar-refractivity contribution in [2.45, 2.75) is 103 Å². The van der Waals surface area contributed by atoms with Gasteiger partial charge < -0.3 is 5.32 Å². The number of nitrogens with one attached hydrogen (secondary N) is 1. The van der Waals surface area contributed by atoms with E-state index in [1.54, 1.807) is 0 Å². The molecule has 1 unspecified atom stereocenters. The maximum Gasteiger partial charge on any atom is 0.0264 e. The molecule has 0 bridgehead atoms. The number of likely N-dealkylation sites (tertiary alicyclic amines) is 1. The smallest absolute Gasteiger partial charge is 0.0264 e. The molecule has 1 saturated carbocycles. The zero-order valence-electron chi connectivity index (χ0n) is 32.8. The van der Waals surface area contributed by atoms with E-state index >= 15 is 0 Å². The number of benzene rings is 3. The molecule has 5 nitrogen and oxygen atoms in total.